The van der Waals surface area contributed by atoms with Crippen molar-refractivity contribution in [3.63, 3.8) is 0 Å². The first-order chi connectivity index (χ1) is 17.5. The van der Waals surface area contributed by atoms with E-state index in [0.29, 0.717) is 45.0 Å². The minimum atomic E-state index is -1.18. The third-order valence-corrected chi connectivity index (χ3v) is 6.58. The summed E-state index contributed by atoms with van der Waals surface area (Å²) in [6.45, 7) is 4.62. The molecule has 0 aliphatic carbocycles. The zero-order chi connectivity index (χ0) is 25.2. The summed E-state index contributed by atoms with van der Waals surface area (Å²) < 4.78 is 30.5. The van der Waals surface area contributed by atoms with Crippen molar-refractivity contribution >= 4 is 5.91 Å². The van der Waals surface area contributed by atoms with E-state index in [4.69, 9.17) is 14.2 Å². The number of hydrogen-bond donors (Lipinski definition) is 1. The van der Waals surface area contributed by atoms with Crippen LogP contribution < -0.4 is 9.47 Å². The summed E-state index contributed by atoms with van der Waals surface area (Å²) in [5.41, 5.74) is -0.0945. The van der Waals surface area contributed by atoms with E-state index in [0.717, 1.165) is 50.1 Å². The zero-order valence-corrected chi connectivity index (χ0v) is 20.9. The van der Waals surface area contributed by atoms with Gasteiger partial charge in [0.25, 0.3) is 0 Å². The Hall–Kier alpha value is -2.68. The molecule has 36 heavy (non-hydrogen) atoms. The molecule has 0 aromatic heterocycles. The van der Waals surface area contributed by atoms with Gasteiger partial charge in [-0.25, -0.2) is 4.39 Å². The van der Waals surface area contributed by atoms with E-state index in [1.807, 2.05) is 29.2 Å². The Morgan fingerprint density at radius 3 is 2.75 bits per heavy atom. The fourth-order valence-electron chi connectivity index (χ4n) is 4.68. The Kier molecular flexibility index (Phi) is 9.55. The quantitative estimate of drug-likeness (QED) is 0.503. The molecule has 7 nitrogen and oxygen atoms in total. The molecular weight excluding hydrogens is 463 g/mol. The number of likely N-dealkylation sites (tertiary alicyclic amines) is 1. The SMILES string of the molecule is O=C1CCCCCN1CCCOc1cccc(CN2CCOC[C@@](O)(COc3ccc(F)cc3)C2)c1. The Labute approximate surface area is 212 Å². The van der Waals surface area contributed by atoms with Crippen LogP contribution in [0, 0.1) is 5.82 Å². The fraction of sp³-hybridized carbons (Fsp3) is 0.536. The standard InChI is InChI=1S/C28H37FN2O5/c29-24-9-11-25(12-10-24)36-22-28(33)20-30(15-17-34-21-28)19-23-6-4-7-26(18-23)35-16-5-14-31-13-3-1-2-8-27(31)32/h4,6-7,9-12,18,33H,1-3,5,8,13-17,19-22H2/t28-/m1/s1. The van der Waals surface area contributed by atoms with Gasteiger partial charge in [0.2, 0.25) is 5.91 Å². The van der Waals surface area contributed by atoms with Crippen LogP contribution in [0.5, 0.6) is 11.5 Å². The summed E-state index contributed by atoms with van der Waals surface area (Å²) in [5, 5.41) is 11.1. The average Bonchev–Trinajstić information content (AvgIpc) is 3.19. The molecule has 0 unspecified atom stereocenters. The monoisotopic (exact) mass is 500 g/mol. The predicted molar refractivity (Wildman–Crippen MR) is 135 cm³/mol. The van der Waals surface area contributed by atoms with Crippen LogP contribution in [0.25, 0.3) is 0 Å². The molecule has 2 aliphatic rings. The number of amides is 1. The lowest BCUT2D eigenvalue weighted by Gasteiger charge is -2.30. The predicted octanol–water partition coefficient (Wildman–Crippen LogP) is 3.64. The van der Waals surface area contributed by atoms with Gasteiger partial charge >= 0.3 is 0 Å². The van der Waals surface area contributed by atoms with Gasteiger partial charge < -0.3 is 24.2 Å². The molecule has 0 radical (unpaired) electrons. The van der Waals surface area contributed by atoms with Gasteiger partial charge in [-0.2, -0.15) is 0 Å². The molecule has 2 heterocycles. The number of benzene rings is 2. The summed E-state index contributed by atoms with van der Waals surface area (Å²) in [4.78, 5) is 16.3. The lowest BCUT2D eigenvalue weighted by molar-refractivity contribution is -0.130. The molecule has 1 atom stereocenters. The normalized spacial score (nSPS) is 21.6. The first kappa shape index (κ1) is 26.4. The number of nitrogens with zero attached hydrogens (tertiary/aromatic N) is 2. The van der Waals surface area contributed by atoms with Crippen molar-refractivity contribution in [3.05, 3.63) is 59.9 Å². The lowest BCUT2D eigenvalue weighted by Crippen LogP contribution is -2.48. The molecule has 0 saturated carbocycles. The summed E-state index contributed by atoms with van der Waals surface area (Å²) in [7, 11) is 0. The van der Waals surface area contributed by atoms with E-state index in [-0.39, 0.29) is 24.9 Å². The van der Waals surface area contributed by atoms with Crippen molar-refractivity contribution in [2.24, 2.45) is 0 Å². The van der Waals surface area contributed by atoms with Crippen molar-refractivity contribution in [3.8, 4) is 11.5 Å². The van der Waals surface area contributed by atoms with E-state index in [2.05, 4.69) is 4.90 Å². The molecule has 2 saturated heterocycles. The van der Waals surface area contributed by atoms with Crippen molar-refractivity contribution in [2.45, 2.75) is 44.2 Å². The second-order valence-corrected chi connectivity index (χ2v) is 9.77. The number of β-amino-alcohol motifs (C(OH)–C–C–N with tert-alkyl or cyclic N) is 1. The molecular formula is C28H37FN2O5. The zero-order valence-electron chi connectivity index (χ0n) is 20.9. The van der Waals surface area contributed by atoms with Crippen LogP contribution in [-0.4, -0.2) is 79.0 Å². The van der Waals surface area contributed by atoms with Gasteiger partial charge in [-0.3, -0.25) is 9.69 Å². The van der Waals surface area contributed by atoms with Gasteiger partial charge in [0.1, 0.15) is 29.5 Å². The second-order valence-electron chi connectivity index (χ2n) is 9.77. The molecule has 2 aromatic carbocycles. The van der Waals surface area contributed by atoms with Gasteiger partial charge in [-0.15, -0.1) is 0 Å². The number of aliphatic hydroxyl groups is 1. The molecule has 2 aliphatic heterocycles. The van der Waals surface area contributed by atoms with E-state index in [1.165, 1.54) is 12.1 Å². The minimum Gasteiger partial charge on any atom is -0.494 e. The molecule has 1 N–H and O–H groups in total. The highest BCUT2D eigenvalue weighted by Crippen LogP contribution is 2.21. The molecule has 0 bridgehead atoms. The van der Waals surface area contributed by atoms with Gasteiger partial charge in [0.05, 0.1) is 19.8 Å². The van der Waals surface area contributed by atoms with Crippen LogP contribution in [0.15, 0.2) is 48.5 Å². The smallest absolute Gasteiger partial charge is 0.222 e. The van der Waals surface area contributed by atoms with E-state index in [9.17, 15) is 14.3 Å². The summed E-state index contributed by atoms with van der Waals surface area (Å²) >= 11 is 0. The van der Waals surface area contributed by atoms with Crippen molar-refractivity contribution < 1.29 is 28.5 Å². The largest absolute Gasteiger partial charge is 0.494 e. The van der Waals surface area contributed by atoms with Crippen LogP contribution in [0.3, 0.4) is 0 Å². The van der Waals surface area contributed by atoms with E-state index < -0.39 is 5.60 Å². The first-order valence-corrected chi connectivity index (χ1v) is 12.9. The average molecular weight is 501 g/mol. The summed E-state index contributed by atoms with van der Waals surface area (Å²) in [6, 6.07) is 13.7. The Bertz CT molecular complexity index is 973. The number of hydrogen-bond acceptors (Lipinski definition) is 6. The number of ether oxygens (including phenoxy) is 3. The molecule has 196 valence electrons. The maximum atomic E-state index is 13.1. The van der Waals surface area contributed by atoms with E-state index in [1.54, 1.807) is 12.1 Å². The van der Waals surface area contributed by atoms with Crippen molar-refractivity contribution in [2.75, 3.05) is 52.6 Å². The highest BCUT2D eigenvalue weighted by Gasteiger charge is 2.33. The summed E-state index contributed by atoms with van der Waals surface area (Å²) in [6.07, 6.45) is 4.69. The number of rotatable bonds is 10. The Balaban J connectivity index is 1.25. The number of halogens is 1. The molecule has 4 rings (SSSR count). The van der Waals surface area contributed by atoms with Gasteiger partial charge in [0.15, 0.2) is 0 Å². The van der Waals surface area contributed by atoms with Crippen LogP contribution in [0.4, 0.5) is 4.39 Å². The third kappa shape index (κ3) is 8.18. The maximum Gasteiger partial charge on any atom is 0.222 e. The molecule has 2 fully saturated rings. The lowest BCUT2D eigenvalue weighted by atomic mass is 10.1. The maximum absolute atomic E-state index is 13.1. The number of carbonyl (C=O) groups excluding carboxylic acids is 1. The highest BCUT2D eigenvalue weighted by atomic mass is 19.1. The fourth-order valence-corrected chi connectivity index (χ4v) is 4.68. The first-order valence-electron chi connectivity index (χ1n) is 12.9. The second kappa shape index (κ2) is 13.0. The Morgan fingerprint density at radius 1 is 1.03 bits per heavy atom. The van der Waals surface area contributed by atoms with Gasteiger partial charge in [-0.05, 0) is 61.2 Å². The highest BCUT2D eigenvalue weighted by molar-refractivity contribution is 5.76. The van der Waals surface area contributed by atoms with Gasteiger partial charge in [-0.1, -0.05) is 18.6 Å². The van der Waals surface area contributed by atoms with Crippen LogP contribution >= 0.6 is 0 Å². The topological polar surface area (TPSA) is 71.5 Å². The number of carbonyl (C=O) groups is 1. The van der Waals surface area contributed by atoms with Crippen LogP contribution in [0.1, 0.15) is 37.7 Å². The molecule has 8 heteroatoms. The third-order valence-electron chi connectivity index (χ3n) is 6.58. The van der Waals surface area contributed by atoms with Crippen molar-refractivity contribution in [1.29, 1.82) is 0 Å². The van der Waals surface area contributed by atoms with E-state index >= 15 is 0 Å². The summed E-state index contributed by atoms with van der Waals surface area (Å²) in [5.74, 6) is 1.24. The van der Waals surface area contributed by atoms with Crippen molar-refractivity contribution in [1.82, 2.24) is 9.80 Å². The van der Waals surface area contributed by atoms with Gasteiger partial charge in [0, 0.05) is 39.1 Å². The molecule has 0 spiro atoms. The minimum absolute atomic E-state index is 0.0534. The van der Waals surface area contributed by atoms with Crippen LogP contribution in [-0.2, 0) is 16.1 Å². The van der Waals surface area contributed by atoms with Crippen LogP contribution in [0.2, 0.25) is 0 Å². The Morgan fingerprint density at radius 2 is 1.89 bits per heavy atom. The molecule has 2 aromatic rings. The molecule has 1 amide bonds.